The van der Waals surface area contributed by atoms with Gasteiger partial charge in [-0.15, -0.1) is 0 Å². The fourth-order valence-corrected chi connectivity index (χ4v) is 4.57. The maximum atomic E-state index is 12.0. The number of rotatable bonds is 9. The molecular formula is C18H27NO3S. The van der Waals surface area contributed by atoms with Crippen LogP contribution in [0.2, 0.25) is 0 Å². The van der Waals surface area contributed by atoms with Crippen LogP contribution >= 0.6 is 0 Å². The molecule has 5 heteroatoms. The van der Waals surface area contributed by atoms with Crippen LogP contribution in [0.1, 0.15) is 50.5 Å². The smallest absolute Gasteiger partial charge is 0.220 e. The van der Waals surface area contributed by atoms with E-state index in [-0.39, 0.29) is 17.4 Å². The fraction of sp³-hybridized carbons (Fsp3) is 0.611. The van der Waals surface area contributed by atoms with Gasteiger partial charge in [0, 0.05) is 13.0 Å². The maximum absolute atomic E-state index is 12.0. The first-order chi connectivity index (χ1) is 11.1. The van der Waals surface area contributed by atoms with Crippen LogP contribution in [0.3, 0.4) is 0 Å². The van der Waals surface area contributed by atoms with Crippen LogP contribution in [0.25, 0.3) is 0 Å². The fourth-order valence-electron chi connectivity index (χ4n) is 3.14. The number of benzene rings is 1. The molecule has 1 saturated carbocycles. The Morgan fingerprint density at radius 3 is 2.52 bits per heavy atom. The largest absolute Gasteiger partial charge is 0.356 e. The monoisotopic (exact) mass is 337 g/mol. The van der Waals surface area contributed by atoms with Crippen molar-refractivity contribution >= 4 is 15.7 Å². The van der Waals surface area contributed by atoms with E-state index >= 15 is 0 Å². The lowest BCUT2D eigenvalue weighted by molar-refractivity contribution is -0.121. The number of amides is 1. The SMILES string of the molecule is O=C(CCC1CCCC1)NCCCS(=O)(=O)Cc1ccccc1. The summed E-state index contributed by atoms with van der Waals surface area (Å²) < 4.78 is 24.1. The first kappa shape index (κ1) is 18.0. The van der Waals surface area contributed by atoms with Gasteiger partial charge < -0.3 is 5.32 Å². The first-order valence-electron chi connectivity index (χ1n) is 8.56. The van der Waals surface area contributed by atoms with E-state index in [2.05, 4.69) is 5.32 Å². The van der Waals surface area contributed by atoms with Crippen LogP contribution in [0, 0.1) is 5.92 Å². The van der Waals surface area contributed by atoms with Crippen molar-refractivity contribution in [2.75, 3.05) is 12.3 Å². The molecule has 1 aromatic rings. The number of hydrogen-bond acceptors (Lipinski definition) is 3. The van der Waals surface area contributed by atoms with Crippen molar-refractivity contribution in [3.63, 3.8) is 0 Å². The summed E-state index contributed by atoms with van der Waals surface area (Å²) in [5.41, 5.74) is 0.813. The third kappa shape index (κ3) is 7.16. The van der Waals surface area contributed by atoms with E-state index in [9.17, 15) is 13.2 Å². The highest BCUT2D eigenvalue weighted by Crippen LogP contribution is 2.28. The van der Waals surface area contributed by atoms with E-state index in [4.69, 9.17) is 0 Å². The lowest BCUT2D eigenvalue weighted by Crippen LogP contribution is -2.26. The van der Waals surface area contributed by atoms with Crippen LogP contribution in [0.5, 0.6) is 0 Å². The Balaban J connectivity index is 1.59. The Bertz CT molecular complexity index is 578. The average molecular weight is 337 g/mol. The van der Waals surface area contributed by atoms with Crippen molar-refractivity contribution in [2.24, 2.45) is 5.92 Å². The molecule has 128 valence electrons. The molecule has 1 aromatic carbocycles. The summed E-state index contributed by atoms with van der Waals surface area (Å²) in [6, 6.07) is 9.20. The lowest BCUT2D eigenvalue weighted by Gasteiger charge is -2.09. The Morgan fingerprint density at radius 1 is 1.13 bits per heavy atom. The summed E-state index contributed by atoms with van der Waals surface area (Å²) in [7, 11) is -3.11. The second kappa shape index (κ2) is 9.06. The number of nitrogens with one attached hydrogen (secondary N) is 1. The van der Waals surface area contributed by atoms with Gasteiger partial charge in [-0.2, -0.15) is 0 Å². The van der Waals surface area contributed by atoms with Crippen LogP contribution in [-0.2, 0) is 20.4 Å². The minimum Gasteiger partial charge on any atom is -0.356 e. The highest BCUT2D eigenvalue weighted by Gasteiger charge is 2.16. The molecule has 0 heterocycles. The molecule has 0 spiro atoms. The molecule has 0 aliphatic heterocycles. The Kier molecular flexibility index (Phi) is 7.09. The molecular weight excluding hydrogens is 310 g/mol. The first-order valence-corrected chi connectivity index (χ1v) is 10.4. The molecule has 1 N–H and O–H groups in total. The number of sulfone groups is 1. The molecule has 0 saturated heterocycles. The lowest BCUT2D eigenvalue weighted by atomic mass is 10.0. The minimum atomic E-state index is -3.11. The molecule has 0 unspecified atom stereocenters. The summed E-state index contributed by atoms with van der Waals surface area (Å²) in [4.78, 5) is 11.8. The highest BCUT2D eigenvalue weighted by atomic mass is 32.2. The van der Waals surface area contributed by atoms with E-state index in [1.54, 1.807) is 0 Å². The quantitative estimate of drug-likeness (QED) is 0.704. The van der Waals surface area contributed by atoms with E-state index < -0.39 is 9.84 Å². The maximum Gasteiger partial charge on any atom is 0.220 e. The van der Waals surface area contributed by atoms with E-state index in [0.29, 0.717) is 25.3 Å². The molecule has 0 radical (unpaired) electrons. The molecule has 1 aliphatic rings. The standard InChI is InChI=1S/C18H27NO3S/c20-18(12-11-16-7-4-5-8-16)19-13-6-14-23(21,22)15-17-9-2-1-3-10-17/h1-3,9-10,16H,4-8,11-15H2,(H,19,20). The van der Waals surface area contributed by atoms with Crippen LogP contribution in [-0.4, -0.2) is 26.6 Å². The van der Waals surface area contributed by atoms with Gasteiger partial charge >= 0.3 is 0 Å². The molecule has 0 bridgehead atoms. The summed E-state index contributed by atoms with van der Waals surface area (Å²) in [6.07, 6.45) is 7.12. The second-order valence-electron chi connectivity index (χ2n) is 6.47. The van der Waals surface area contributed by atoms with Crippen molar-refractivity contribution in [3.8, 4) is 0 Å². The molecule has 1 amide bonds. The molecule has 0 aromatic heterocycles. The number of hydrogen-bond donors (Lipinski definition) is 1. The number of carbonyl (C=O) groups excluding carboxylic acids is 1. The van der Waals surface area contributed by atoms with Gasteiger partial charge in [0.1, 0.15) is 0 Å². The van der Waals surface area contributed by atoms with Crippen molar-refractivity contribution in [3.05, 3.63) is 35.9 Å². The summed E-state index contributed by atoms with van der Waals surface area (Å²) in [5.74, 6) is 0.957. The minimum absolute atomic E-state index is 0.0531. The molecule has 0 atom stereocenters. The second-order valence-corrected chi connectivity index (χ2v) is 8.65. The Labute approximate surface area is 139 Å². The number of carbonyl (C=O) groups is 1. The van der Waals surface area contributed by atoms with E-state index in [0.717, 1.165) is 12.0 Å². The van der Waals surface area contributed by atoms with Crippen LogP contribution < -0.4 is 5.32 Å². The highest BCUT2D eigenvalue weighted by molar-refractivity contribution is 7.90. The molecule has 2 rings (SSSR count). The predicted octanol–water partition coefficient (Wildman–Crippen LogP) is 3.08. The summed E-state index contributed by atoms with van der Waals surface area (Å²) in [5, 5.41) is 2.84. The van der Waals surface area contributed by atoms with Crippen LogP contribution in [0.4, 0.5) is 0 Å². The third-order valence-corrected chi connectivity index (χ3v) is 6.12. The van der Waals surface area contributed by atoms with Gasteiger partial charge in [-0.25, -0.2) is 8.42 Å². The van der Waals surface area contributed by atoms with E-state index in [1.807, 2.05) is 30.3 Å². The van der Waals surface area contributed by atoms with Gasteiger partial charge in [0.25, 0.3) is 0 Å². The Hall–Kier alpha value is -1.36. The normalized spacial score (nSPS) is 15.7. The van der Waals surface area contributed by atoms with Gasteiger partial charge in [0.2, 0.25) is 5.91 Å². The molecule has 4 nitrogen and oxygen atoms in total. The Morgan fingerprint density at radius 2 is 1.83 bits per heavy atom. The topological polar surface area (TPSA) is 63.2 Å². The van der Waals surface area contributed by atoms with Crippen molar-refractivity contribution in [2.45, 2.75) is 50.7 Å². The van der Waals surface area contributed by atoms with Crippen molar-refractivity contribution in [1.82, 2.24) is 5.32 Å². The van der Waals surface area contributed by atoms with Gasteiger partial charge in [0.05, 0.1) is 11.5 Å². The zero-order valence-electron chi connectivity index (χ0n) is 13.7. The molecule has 1 aliphatic carbocycles. The average Bonchev–Trinajstić information content (AvgIpc) is 3.03. The third-order valence-electron chi connectivity index (χ3n) is 4.44. The van der Waals surface area contributed by atoms with Crippen molar-refractivity contribution in [1.29, 1.82) is 0 Å². The van der Waals surface area contributed by atoms with Gasteiger partial charge in [0.15, 0.2) is 9.84 Å². The van der Waals surface area contributed by atoms with Crippen LogP contribution in [0.15, 0.2) is 30.3 Å². The van der Waals surface area contributed by atoms with E-state index in [1.165, 1.54) is 25.7 Å². The molecule has 23 heavy (non-hydrogen) atoms. The zero-order chi connectivity index (χ0) is 16.5. The van der Waals surface area contributed by atoms with Gasteiger partial charge in [-0.3, -0.25) is 4.79 Å². The zero-order valence-corrected chi connectivity index (χ0v) is 14.5. The molecule has 1 fully saturated rings. The van der Waals surface area contributed by atoms with Gasteiger partial charge in [-0.1, -0.05) is 56.0 Å². The van der Waals surface area contributed by atoms with Crippen molar-refractivity contribution < 1.29 is 13.2 Å². The van der Waals surface area contributed by atoms with Gasteiger partial charge in [-0.05, 0) is 24.3 Å². The predicted molar refractivity (Wildman–Crippen MR) is 92.8 cm³/mol. The summed E-state index contributed by atoms with van der Waals surface area (Å²) >= 11 is 0. The summed E-state index contributed by atoms with van der Waals surface area (Å²) in [6.45, 7) is 0.442.